The third-order valence-electron chi connectivity index (χ3n) is 1.64. The Balaban J connectivity index is 2.56. The molecule has 11 heavy (non-hydrogen) atoms. The van der Waals surface area contributed by atoms with Crippen LogP contribution in [0.4, 0.5) is 0 Å². The summed E-state index contributed by atoms with van der Waals surface area (Å²) in [5.41, 5.74) is 0. The van der Waals surface area contributed by atoms with Crippen LogP contribution in [0, 0.1) is 0 Å². The summed E-state index contributed by atoms with van der Waals surface area (Å²) in [4.78, 5) is 3.49. The van der Waals surface area contributed by atoms with Crippen LogP contribution < -0.4 is 0 Å². The van der Waals surface area contributed by atoms with Gasteiger partial charge >= 0.3 is 0 Å². The minimum atomic E-state index is 0.898. The summed E-state index contributed by atoms with van der Waals surface area (Å²) in [5.74, 6) is 0. The molecule has 0 aromatic carbocycles. The minimum Gasteiger partial charge on any atom is -0.302 e. The Morgan fingerprint density at radius 2 is 2.36 bits per heavy atom. The molecule has 0 atom stereocenters. The molecule has 1 aromatic rings. The molecule has 0 radical (unpaired) electrons. The van der Waals surface area contributed by atoms with E-state index in [4.69, 9.17) is 11.6 Å². The summed E-state index contributed by atoms with van der Waals surface area (Å²) in [5, 5.41) is 2.93. The van der Waals surface area contributed by atoms with Crippen molar-refractivity contribution < 1.29 is 0 Å². The van der Waals surface area contributed by atoms with E-state index in [0.29, 0.717) is 0 Å². The molecule has 1 aromatic heterocycles. The summed E-state index contributed by atoms with van der Waals surface area (Å²) in [6.45, 7) is 4.17. The fourth-order valence-corrected chi connectivity index (χ4v) is 1.97. The molecule has 62 valence electrons. The summed E-state index contributed by atoms with van der Waals surface area (Å²) >= 11 is 7.64. The molecule has 0 aliphatic carbocycles. The number of hydrogen-bond acceptors (Lipinski definition) is 2. The van der Waals surface area contributed by atoms with E-state index in [9.17, 15) is 0 Å². The first-order chi connectivity index (χ1) is 5.24. The average Bonchev–Trinajstić information content (AvgIpc) is 2.37. The maximum Gasteiger partial charge on any atom is 0.0558 e. The molecule has 0 saturated heterocycles. The van der Waals surface area contributed by atoms with Gasteiger partial charge in [-0.1, -0.05) is 18.5 Å². The van der Waals surface area contributed by atoms with Crippen molar-refractivity contribution >= 4 is 22.9 Å². The zero-order valence-electron chi connectivity index (χ0n) is 6.80. The largest absolute Gasteiger partial charge is 0.302 e. The summed E-state index contributed by atoms with van der Waals surface area (Å²) in [7, 11) is 2.09. The summed E-state index contributed by atoms with van der Waals surface area (Å²) < 4.78 is 0. The Morgan fingerprint density at radius 1 is 1.64 bits per heavy atom. The van der Waals surface area contributed by atoms with Crippen LogP contribution >= 0.6 is 22.9 Å². The number of nitrogens with zero attached hydrogens (tertiary/aromatic N) is 1. The van der Waals surface area contributed by atoms with Crippen LogP contribution in [0.15, 0.2) is 11.4 Å². The molecule has 3 heteroatoms. The van der Waals surface area contributed by atoms with Crippen molar-refractivity contribution in [3.8, 4) is 0 Å². The molecule has 0 saturated carbocycles. The second kappa shape index (κ2) is 4.10. The molecule has 0 fully saturated rings. The molecular formula is C8H12ClNS. The van der Waals surface area contributed by atoms with Crippen LogP contribution in [0.3, 0.4) is 0 Å². The fraction of sp³-hybridized carbons (Fsp3) is 0.500. The number of halogens is 1. The average molecular weight is 190 g/mol. The Bertz CT molecular complexity index is 222. The van der Waals surface area contributed by atoms with Gasteiger partial charge in [-0.3, -0.25) is 0 Å². The number of thiophene rings is 1. The van der Waals surface area contributed by atoms with Crippen LogP contribution in [-0.4, -0.2) is 18.5 Å². The monoisotopic (exact) mass is 189 g/mol. The molecule has 1 heterocycles. The van der Waals surface area contributed by atoms with Gasteiger partial charge in [-0.05, 0) is 25.0 Å². The van der Waals surface area contributed by atoms with Crippen LogP contribution in [0.5, 0.6) is 0 Å². The normalized spacial score (nSPS) is 10.9. The summed E-state index contributed by atoms with van der Waals surface area (Å²) in [6.07, 6.45) is 0. The lowest BCUT2D eigenvalue weighted by molar-refractivity contribution is 0.349. The number of rotatable bonds is 3. The molecule has 0 bridgehead atoms. The molecule has 0 spiro atoms. The SMILES string of the molecule is CCN(C)Cc1sccc1Cl. The van der Waals surface area contributed by atoms with Crippen LogP contribution in [0.2, 0.25) is 5.02 Å². The molecule has 0 aliphatic rings. The van der Waals surface area contributed by atoms with Crippen LogP contribution in [0.1, 0.15) is 11.8 Å². The van der Waals surface area contributed by atoms with Gasteiger partial charge in [0, 0.05) is 11.4 Å². The van der Waals surface area contributed by atoms with Gasteiger partial charge in [0.1, 0.15) is 0 Å². The molecular weight excluding hydrogens is 178 g/mol. The number of hydrogen-bond donors (Lipinski definition) is 0. The maximum atomic E-state index is 5.92. The van der Waals surface area contributed by atoms with Gasteiger partial charge < -0.3 is 4.90 Å². The van der Waals surface area contributed by atoms with Crippen LogP contribution in [0.25, 0.3) is 0 Å². The van der Waals surface area contributed by atoms with Crippen molar-refractivity contribution in [3.05, 3.63) is 21.3 Å². The Hall–Kier alpha value is -0.0500. The van der Waals surface area contributed by atoms with Gasteiger partial charge in [-0.2, -0.15) is 0 Å². The van der Waals surface area contributed by atoms with E-state index in [1.165, 1.54) is 4.88 Å². The Morgan fingerprint density at radius 3 is 2.82 bits per heavy atom. The fourth-order valence-electron chi connectivity index (χ4n) is 0.795. The molecule has 0 N–H and O–H groups in total. The van der Waals surface area contributed by atoms with E-state index in [0.717, 1.165) is 18.1 Å². The lowest BCUT2D eigenvalue weighted by Crippen LogP contribution is -2.15. The van der Waals surface area contributed by atoms with Gasteiger partial charge in [0.2, 0.25) is 0 Å². The van der Waals surface area contributed by atoms with Crippen molar-refractivity contribution in [2.75, 3.05) is 13.6 Å². The van der Waals surface area contributed by atoms with Gasteiger partial charge in [0.15, 0.2) is 0 Å². The van der Waals surface area contributed by atoms with E-state index in [1.807, 2.05) is 11.4 Å². The quantitative estimate of drug-likeness (QED) is 0.707. The predicted molar refractivity (Wildman–Crippen MR) is 51.3 cm³/mol. The highest BCUT2D eigenvalue weighted by molar-refractivity contribution is 7.10. The summed E-state index contributed by atoms with van der Waals surface area (Å²) in [6, 6.07) is 1.95. The maximum absolute atomic E-state index is 5.92. The first-order valence-corrected chi connectivity index (χ1v) is 4.90. The van der Waals surface area contributed by atoms with Crippen molar-refractivity contribution in [2.24, 2.45) is 0 Å². The van der Waals surface area contributed by atoms with Crippen molar-refractivity contribution in [1.82, 2.24) is 4.90 Å². The standard InChI is InChI=1S/C8H12ClNS/c1-3-10(2)6-8-7(9)4-5-11-8/h4-5H,3,6H2,1-2H3. The minimum absolute atomic E-state index is 0.898. The lowest BCUT2D eigenvalue weighted by atomic mass is 10.4. The third-order valence-corrected chi connectivity index (χ3v) is 3.02. The molecule has 0 unspecified atom stereocenters. The highest BCUT2D eigenvalue weighted by atomic mass is 35.5. The smallest absolute Gasteiger partial charge is 0.0558 e. The zero-order chi connectivity index (χ0) is 8.27. The first kappa shape index (κ1) is 9.04. The zero-order valence-corrected chi connectivity index (χ0v) is 8.37. The molecule has 1 rings (SSSR count). The second-order valence-corrected chi connectivity index (χ2v) is 3.93. The highest BCUT2D eigenvalue weighted by Gasteiger charge is 2.03. The molecule has 1 nitrogen and oxygen atoms in total. The van der Waals surface area contributed by atoms with Crippen molar-refractivity contribution in [2.45, 2.75) is 13.5 Å². The van der Waals surface area contributed by atoms with E-state index >= 15 is 0 Å². The van der Waals surface area contributed by atoms with Gasteiger partial charge in [-0.15, -0.1) is 11.3 Å². The second-order valence-electron chi connectivity index (χ2n) is 2.52. The van der Waals surface area contributed by atoms with Crippen molar-refractivity contribution in [3.63, 3.8) is 0 Å². The lowest BCUT2D eigenvalue weighted by Gasteiger charge is -2.11. The first-order valence-electron chi connectivity index (χ1n) is 3.64. The van der Waals surface area contributed by atoms with E-state index in [1.54, 1.807) is 11.3 Å². The van der Waals surface area contributed by atoms with Crippen molar-refractivity contribution in [1.29, 1.82) is 0 Å². The van der Waals surface area contributed by atoms with Gasteiger partial charge in [-0.25, -0.2) is 0 Å². The molecule has 0 amide bonds. The van der Waals surface area contributed by atoms with Crippen LogP contribution in [-0.2, 0) is 6.54 Å². The highest BCUT2D eigenvalue weighted by Crippen LogP contribution is 2.22. The third kappa shape index (κ3) is 2.47. The van der Waals surface area contributed by atoms with E-state index in [-0.39, 0.29) is 0 Å². The van der Waals surface area contributed by atoms with Gasteiger partial charge in [0.05, 0.1) is 5.02 Å². The topological polar surface area (TPSA) is 3.24 Å². The molecule has 0 aliphatic heterocycles. The Labute approximate surface area is 76.6 Å². The predicted octanol–water partition coefficient (Wildman–Crippen LogP) is 2.85. The van der Waals surface area contributed by atoms with E-state index in [2.05, 4.69) is 18.9 Å². The Kier molecular flexibility index (Phi) is 3.37. The van der Waals surface area contributed by atoms with Gasteiger partial charge in [0.25, 0.3) is 0 Å². The van der Waals surface area contributed by atoms with E-state index < -0.39 is 0 Å².